The molecule has 0 aliphatic carbocycles. The lowest BCUT2D eigenvalue weighted by Crippen LogP contribution is -2.27. The van der Waals surface area contributed by atoms with Crippen LogP contribution in [0.25, 0.3) is 0 Å². The number of hydrogen-bond donors (Lipinski definition) is 2. The Kier molecular flexibility index (Phi) is 3.64. The molecule has 2 fully saturated rings. The molecule has 2 aliphatic heterocycles. The molecule has 5 nitrogen and oxygen atoms in total. The van der Waals surface area contributed by atoms with Crippen molar-refractivity contribution >= 4 is 17.4 Å². The molecular weight excluding hydrogens is 240 g/mol. The third-order valence-corrected chi connectivity index (χ3v) is 3.88. The summed E-state index contributed by atoms with van der Waals surface area (Å²) >= 11 is 0. The molecule has 0 radical (unpaired) electrons. The number of carbonyl (C=O) groups is 1. The Bertz CT molecular complexity index is 451. The number of carbonyl (C=O) groups excluding carboxylic acids is 1. The molecule has 1 atom stereocenters. The minimum absolute atomic E-state index is 0.0895. The summed E-state index contributed by atoms with van der Waals surface area (Å²) in [5.74, 6) is 1.12. The van der Waals surface area contributed by atoms with Crippen LogP contribution in [0.3, 0.4) is 0 Å². The molecule has 102 valence electrons. The summed E-state index contributed by atoms with van der Waals surface area (Å²) in [6, 6.07) is 3.82. The van der Waals surface area contributed by atoms with Gasteiger partial charge in [-0.15, -0.1) is 0 Å². The van der Waals surface area contributed by atoms with Crippen molar-refractivity contribution in [3.8, 4) is 0 Å². The van der Waals surface area contributed by atoms with E-state index in [1.165, 1.54) is 12.8 Å². The van der Waals surface area contributed by atoms with Crippen LogP contribution in [0, 0.1) is 5.92 Å². The zero-order valence-electron chi connectivity index (χ0n) is 11.1. The molecule has 1 aromatic rings. The number of nitrogens with one attached hydrogen (secondary N) is 2. The van der Waals surface area contributed by atoms with Crippen LogP contribution in [0.4, 0.5) is 11.5 Å². The molecule has 2 aliphatic rings. The minimum Gasteiger partial charge on any atom is -0.355 e. The van der Waals surface area contributed by atoms with Crippen molar-refractivity contribution in [3.63, 3.8) is 0 Å². The van der Waals surface area contributed by atoms with Gasteiger partial charge in [0.25, 0.3) is 0 Å². The lowest BCUT2D eigenvalue weighted by atomic mass is 10.1. The molecule has 19 heavy (non-hydrogen) atoms. The van der Waals surface area contributed by atoms with Gasteiger partial charge in [-0.2, -0.15) is 0 Å². The van der Waals surface area contributed by atoms with Gasteiger partial charge >= 0.3 is 0 Å². The average Bonchev–Trinajstić information content (AvgIpc) is 3.13. The maximum absolute atomic E-state index is 12.2. The summed E-state index contributed by atoms with van der Waals surface area (Å²) in [5.41, 5.74) is 0.848. The van der Waals surface area contributed by atoms with Gasteiger partial charge in [0.05, 0.1) is 11.6 Å². The lowest BCUT2D eigenvalue weighted by molar-refractivity contribution is -0.119. The van der Waals surface area contributed by atoms with Crippen LogP contribution >= 0.6 is 0 Å². The van der Waals surface area contributed by atoms with Crippen LogP contribution in [0.5, 0.6) is 0 Å². The highest BCUT2D eigenvalue weighted by atomic mass is 16.1. The predicted molar refractivity (Wildman–Crippen MR) is 75.3 cm³/mol. The molecule has 1 amide bonds. The predicted octanol–water partition coefficient (Wildman–Crippen LogP) is 1.23. The van der Waals surface area contributed by atoms with E-state index in [2.05, 4.69) is 20.5 Å². The highest BCUT2D eigenvalue weighted by Gasteiger charge is 2.24. The van der Waals surface area contributed by atoms with Crippen molar-refractivity contribution in [1.29, 1.82) is 0 Å². The maximum Gasteiger partial charge on any atom is 0.228 e. The van der Waals surface area contributed by atoms with Gasteiger partial charge < -0.3 is 15.5 Å². The fraction of sp³-hybridized carbons (Fsp3) is 0.571. The number of aromatic nitrogens is 1. The average molecular weight is 260 g/mol. The van der Waals surface area contributed by atoms with Gasteiger partial charge in [0.2, 0.25) is 5.91 Å². The van der Waals surface area contributed by atoms with Crippen LogP contribution in [-0.4, -0.2) is 37.1 Å². The Hall–Kier alpha value is -1.62. The second kappa shape index (κ2) is 5.57. The molecule has 0 bridgehead atoms. The summed E-state index contributed by atoms with van der Waals surface area (Å²) in [6.07, 6.45) is 5.12. The first-order valence-corrected chi connectivity index (χ1v) is 7.06. The van der Waals surface area contributed by atoms with E-state index in [1.807, 2.05) is 12.1 Å². The zero-order chi connectivity index (χ0) is 13.1. The first-order chi connectivity index (χ1) is 9.34. The molecule has 1 aromatic heterocycles. The van der Waals surface area contributed by atoms with Gasteiger partial charge in [-0.25, -0.2) is 4.98 Å². The molecule has 5 heteroatoms. The van der Waals surface area contributed by atoms with Crippen molar-refractivity contribution in [3.05, 3.63) is 18.3 Å². The molecule has 3 rings (SSSR count). The van der Waals surface area contributed by atoms with Crippen molar-refractivity contribution in [2.75, 3.05) is 36.4 Å². The van der Waals surface area contributed by atoms with E-state index in [-0.39, 0.29) is 11.8 Å². The normalized spacial score (nSPS) is 22.7. The Morgan fingerprint density at radius 1 is 1.42 bits per heavy atom. The lowest BCUT2D eigenvalue weighted by Gasteiger charge is -2.20. The fourth-order valence-corrected chi connectivity index (χ4v) is 2.79. The number of anilines is 2. The molecule has 1 unspecified atom stereocenters. The number of hydrogen-bond acceptors (Lipinski definition) is 4. The van der Waals surface area contributed by atoms with Gasteiger partial charge in [0, 0.05) is 25.8 Å². The third-order valence-electron chi connectivity index (χ3n) is 3.88. The first-order valence-electron chi connectivity index (χ1n) is 7.06. The standard InChI is InChI=1S/C14H20N4O/c19-14(11-5-7-15-10-11)17-12-4-3-6-16-13(12)18-8-1-2-9-18/h3-4,6,11,15H,1-2,5,7-10H2,(H,17,19). The highest BCUT2D eigenvalue weighted by molar-refractivity contribution is 5.95. The van der Waals surface area contributed by atoms with Gasteiger partial charge in [-0.3, -0.25) is 4.79 Å². The fourth-order valence-electron chi connectivity index (χ4n) is 2.79. The first kappa shape index (κ1) is 12.4. The van der Waals surface area contributed by atoms with Crippen LogP contribution in [0.1, 0.15) is 19.3 Å². The Morgan fingerprint density at radius 3 is 3.00 bits per heavy atom. The van der Waals surface area contributed by atoms with E-state index in [9.17, 15) is 4.79 Å². The number of pyridine rings is 1. The van der Waals surface area contributed by atoms with Gasteiger partial charge in [0.1, 0.15) is 0 Å². The van der Waals surface area contributed by atoms with Crippen molar-refractivity contribution in [2.45, 2.75) is 19.3 Å². The molecule has 0 aromatic carbocycles. The number of rotatable bonds is 3. The van der Waals surface area contributed by atoms with E-state index in [0.29, 0.717) is 0 Å². The van der Waals surface area contributed by atoms with Gasteiger partial charge in [-0.05, 0) is 37.9 Å². The van der Waals surface area contributed by atoms with E-state index >= 15 is 0 Å². The SMILES string of the molecule is O=C(Nc1cccnc1N1CCCC1)C1CCNC1. The van der Waals surface area contributed by atoms with Crippen molar-refractivity contribution < 1.29 is 4.79 Å². The molecule has 0 saturated carbocycles. The molecule has 0 spiro atoms. The van der Waals surface area contributed by atoms with Crippen LogP contribution in [0.15, 0.2) is 18.3 Å². The van der Waals surface area contributed by atoms with Crippen LogP contribution in [0.2, 0.25) is 0 Å². The van der Waals surface area contributed by atoms with E-state index < -0.39 is 0 Å². The Morgan fingerprint density at radius 2 is 2.26 bits per heavy atom. The van der Waals surface area contributed by atoms with Crippen LogP contribution < -0.4 is 15.5 Å². The van der Waals surface area contributed by atoms with E-state index in [1.54, 1.807) is 6.20 Å². The Balaban J connectivity index is 1.74. The van der Waals surface area contributed by atoms with E-state index in [4.69, 9.17) is 0 Å². The Labute approximate surface area is 113 Å². The summed E-state index contributed by atoms with van der Waals surface area (Å²) < 4.78 is 0. The summed E-state index contributed by atoms with van der Waals surface area (Å²) in [6.45, 7) is 3.78. The summed E-state index contributed by atoms with van der Waals surface area (Å²) in [7, 11) is 0. The van der Waals surface area contributed by atoms with Crippen molar-refractivity contribution in [1.82, 2.24) is 10.3 Å². The zero-order valence-corrected chi connectivity index (χ0v) is 11.1. The van der Waals surface area contributed by atoms with Crippen LogP contribution in [-0.2, 0) is 4.79 Å². The summed E-state index contributed by atoms with van der Waals surface area (Å²) in [4.78, 5) is 18.9. The summed E-state index contributed by atoms with van der Waals surface area (Å²) in [5, 5.41) is 6.27. The highest BCUT2D eigenvalue weighted by Crippen LogP contribution is 2.26. The monoisotopic (exact) mass is 260 g/mol. The quantitative estimate of drug-likeness (QED) is 0.858. The number of nitrogens with zero attached hydrogens (tertiary/aromatic N) is 2. The molecular formula is C14H20N4O. The van der Waals surface area contributed by atoms with Gasteiger partial charge in [0.15, 0.2) is 5.82 Å². The van der Waals surface area contributed by atoms with Gasteiger partial charge in [-0.1, -0.05) is 0 Å². The second-order valence-corrected chi connectivity index (χ2v) is 5.25. The second-order valence-electron chi connectivity index (χ2n) is 5.25. The van der Waals surface area contributed by atoms with Crippen molar-refractivity contribution in [2.24, 2.45) is 5.92 Å². The molecule has 3 heterocycles. The maximum atomic E-state index is 12.2. The topological polar surface area (TPSA) is 57.3 Å². The number of amides is 1. The smallest absolute Gasteiger partial charge is 0.228 e. The van der Waals surface area contributed by atoms with E-state index in [0.717, 1.165) is 44.1 Å². The third kappa shape index (κ3) is 2.71. The minimum atomic E-state index is 0.0895. The molecule has 2 saturated heterocycles. The largest absolute Gasteiger partial charge is 0.355 e. The molecule has 2 N–H and O–H groups in total.